The predicted molar refractivity (Wildman–Crippen MR) is 549 cm³/mol. The molecule has 1 amide bonds. The van der Waals surface area contributed by atoms with Gasteiger partial charge in [-0.15, -0.1) is 0 Å². The molecule has 8 aliphatic rings. The number of aliphatic hydroxyl groups is 1. The summed E-state index contributed by atoms with van der Waals surface area (Å²) >= 11 is 0. The smallest absolute Gasteiger partial charge is 0.251 e. The van der Waals surface area contributed by atoms with Crippen LogP contribution in [0.1, 0.15) is 97.9 Å². The highest BCUT2D eigenvalue weighted by Crippen LogP contribution is 2.37. The number of likely N-dealkylation sites (N-methyl/N-ethyl adjacent to an activating group) is 1. The van der Waals surface area contributed by atoms with E-state index in [2.05, 4.69) is 150 Å². The van der Waals surface area contributed by atoms with Crippen LogP contribution in [0.2, 0.25) is 0 Å². The summed E-state index contributed by atoms with van der Waals surface area (Å²) in [6.45, 7) is 16.3. The molecule has 748 valence electrons. The van der Waals surface area contributed by atoms with Crippen LogP contribution in [-0.2, 0) is 28.5 Å². The second-order valence-corrected chi connectivity index (χ2v) is 36.2. The molecule has 0 bridgehead atoms. The van der Waals surface area contributed by atoms with Gasteiger partial charge >= 0.3 is 0 Å². The van der Waals surface area contributed by atoms with Gasteiger partial charge in [0, 0.05) is 197 Å². The number of carbonyl (C=O) groups is 1. The number of alkyl halides is 2. The van der Waals surface area contributed by atoms with E-state index in [0.717, 1.165) is 193 Å². The number of nitrogens with one attached hydrogen (secondary N) is 4. The molecule has 0 saturated carbocycles. The number of ether oxygens (including phenoxy) is 9. The van der Waals surface area contributed by atoms with Crippen LogP contribution in [0.4, 0.5) is 71.9 Å². The summed E-state index contributed by atoms with van der Waals surface area (Å²) in [5, 5.41) is 61.2. The van der Waals surface area contributed by atoms with Crippen molar-refractivity contribution in [1.29, 1.82) is 21.0 Å². The number of benzene rings is 8. The van der Waals surface area contributed by atoms with Crippen molar-refractivity contribution in [2.45, 2.75) is 101 Å². The van der Waals surface area contributed by atoms with E-state index in [4.69, 9.17) is 52.7 Å². The fourth-order valence-electron chi connectivity index (χ4n) is 18.2. The van der Waals surface area contributed by atoms with Crippen LogP contribution < -0.4 is 54.9 Å². The van der Waals surface area contributed by atoms with Gasteiger partial charge < -0.3 is 93.5 Å². The number of amides is 1. The van der Waals surface area contributed by atoms with E-state index >= 15 is 0 Å². The molecule has 8 aromatic carbocycles. The lowest BCUT2D eigenvalue weighted by atomic mass is 9.89. The molecular weight excluding hydrogens is 1840 g/mol. The van der Waals surface area contributed by atoms with Crippen molar-refractivity contribution in [1.82, 2.24) is 54.6 Å². The Morgan fingerprint density at radius 2 is 0.752 bits per heavy atom. The number of hydrogen-bond donors (Lipinski definition) is 5. The quantitative estimate of drug-likeness (QED) is 0.0319. The fourth-order valence-corrected chi connectivity index (χ4v) is 18.2. The van der Waals surface area contributed by atoms with Crippen molar-refractivity contribution in [2.24, 2.45) is 0 Å². The Hall–Kier alpha value is -15.2. The number of aromatic nitrogens is 8. The summed E-state index contributed by atoms with van der Waals surface area (Å²) in [5.41, 5.74) is 13.2. The molecular formula is C110H118F2N22O11. The topological polar surface area (TPSA) is 386 Å². The van der Waals surface area contributed by atoms with Crippen molar-refractivity contribution < 1.29 is 61.3 Å². The van der Waals surface area contributed by atoms with Gasteiger partial charge in [-0.1, -0.05) is 24.3 Å². The summed E-state index contributed by atoms with van der Waals surface area (Å²) in [5.74, 6) is 7.24. The second kappa shape index (κ2) is 51.2. The lowest BCUT2D eigenvalue weighted by Crippen LogP contribution is -2.49. The second-order valence-electron chi connectivity index (χ2n) is 36.2. The van der Waals surface area contributed by atoms with Crippen LogP contribution in [-0.4, -0.2) is 261 Å². The zero-order valence-corrected chi connectivity index (χ0v) is 81.1. The summed E-state index contributed by atoms with van der Waals surface area (Å²) in [4.78, 5) is 60.8. The molecule has 0 radical (unpaired) electrons. The maximum absolute atomic E-state index is 12.6. The van der Waals surface area contributed by atoms with Gasteiger partial charge in [0.15, 0.2) is 23.3 Å². The fraction of sp³-hybridized carbons (Fsp3) is 0.373. The van der Waals surface area contributed by atoms with Gasteiger partial charge in [-0.2, -0.15) is 21.0 Å². The highest BCUT2D eigenvalue weighted by atomic mass is 19.3. The first-order valence-electron chi connectivity index (χ1n) is 49.5. The van der Waals surface area contributed by atoms with Gasteiger partial charge in [0.1, 0.15) is 102 Å². The zero-order chi connectivity index (χ0) is 99.8. The largest absolute Gasteiger partial charge is 0.489 e. The number of likely N-dealkylation sites (tertiary alicyclic amines) is 1. The van der Waals surface area contributed by atoms with E-state index in [-0.39, 0.29) is 36.9 Å². The number of aliphatic hydroxyl groups excluding tert-OH is 1. The van der Waals surface area contributed by atoms with Crippen molar-refractivity contribution in [3.63, 3.8) is 0 Å². The Balaban J connectivity index is 0.000000133. The van der Waals surface area contributed by atoms with E-state index < -0.39 is 13.0 Å². The molecule has 20 rings (SSSR count). The Morgan fingerprint density at radius 1 is 0.386 bits per heavy atom. The van der Waals surface area contributed by atoms with Crippen LogP contribution in [0.3, 0.4) is 0 Å². The summed E-state index contributed by atoms with van der Waals surface area (Å²) in [6.07, 6.45) is 13.3. The molecule has 8 aliphatic heterocycles. The minimum atomic E-state index is -2.27. The Kier molecular flexibility index (Phi) is 35.8. The van der Waals surface area contributed by atoms with Crippen LogP contribution in [0.5, 0.6) is 23.0 Å². The standard InChI is InChI=1S/C29H31F2N5O2.C28H30N6O4.C27H30N6O2.C26H27N5O3/c30-27(31)19-36-13-8-21(9-14-36)20-1-4-24(5-2-20)34-28-7-12-33-29(35-28)22-3-6-26(23(17-22)18-32)38-25-10-15-37-16-11-25;29-17-21-16-20(3-8-25(21)38-24-2-1-15-37-19-24)28-30-10-9-26(32-28)31-22-4-6-23(7-5-22)33-11-13-34(14-12-33)27(36)18-35;1-32-11-13-33(14-12-32)23-4-2-3-22(18-23)30-26-7-10-29-27(31-26)20-5-6-25(21(17-20)19-28)35-24-8-15-34-16-9-24;27-18-20-16-19(4-5-24(20)34-23-7-12-32-13-8-23)26-28-9-6-25(30-26)29-21-2-1-3-22(17-21)31-10-14-33-15-11-31/h1-7,12,17,21,25,27H,8-11,13-16,19H2,(H,33,34,35);3-10,16,24,35H,1-2,11-15,18-19H2,(H,30,31,32);2-7,10,17-18,24H,8-9,11-16H2,1H3,(H,29,30,31);1-6,9,16-17,23H,7-8,10-15H2,(H,28,29,30). The Bertz CT molecular complexity index is 6460. The van der Waals surface area contributed by atoms with Crippen LogP contribution in [0.15, 0.2) is 219 Å². The van der Waals surface area contributed by atoms with Crippen LogP contribution in [0.25, 0.3) is 45.6 Å². The molecule has 8 fully saturated rings. The summed E-state index contributed by atoms with van der Waals surface area (Å²) in [7, 11) is 2.16. The average molecular weight is 1960 g/mol. The molecule has 33 nitrogen and oxygen atoms in total. The van der Waals surface area contributed by atoms with Gasteiger partial charge in [-0.25, -0.2) is 48.7 Å². The molecule has 5 N–H and O–H groups in total. The van der Waals surface area contributed by atoms with E-state index in [1.807, 2.05) is 114 Å². The van der Waals surface area contributed by atoms with E-state index in [9.17, 15) is 34.6 Å². The molecule has 145 heavy (non-hydrogen) atoms. The lowest BCUT2D eigenvalue weighted by Gasteiger charge is -2.35. The van der Waals surface area contributed by atoms with Gasteiger partial charge in [0.2, 0.25) is 5.91 Å². The highest BCUT2D eigenvalue weighted by Gasteiger charge is 2.29. The third kappa shape index (κ3) is 28.7. The lowest BCUT2D eigenvalue weighted by molar-refractivity contribution is -0.134. The Labute approximate surface area is 842 Å². The number of anilines is 11. The number of piperidine rings is 1. The number of rotatable bonds is 27. The van der Waals surface area contributed by atoms with Gasteiger partial charge in [-0.05, 0) is 227 Å². The Morgan fingerprint density at radius 3 is 1.13 bits per heavy atom. The molecule has 12 heterocycles. The van der Waals surface area contributed by atoms with E-state index in [0.29, 0.717) is 170 Å². The molecule has 1 atom stereocenters. The first-order valence-corrected chi connectivity index (χ1v) is 49.5. The monoisotopic (exact) mass is 1960 g/mol. The van der Waals surface area contributed by atoms with Gasteiger partial charge in [0.25, 0.3) is 6.43 Å². The van der Waals surface area contributed by atoms with Crippen molar-refractivity contribution in [2.75, 3.05) is 201 Å². The zero-order valence-electron chi connectivity index (χ0n) is 81.1. The minimum Gasteiger partial charge on any atom is -0.489 e. The van der Waals surface area contributed by atoms with Crippen molar-refractivity contribution >= 4 is 69.0 Å². The van der Waals surface area contributed by atoms with E-state index in [1.54, 1.807) is 72.2 Å². The van der Waals surface area contributed by atoms with Crippen molar-refractivity contribution in [3.8, 4) is 92.8 Å². The maximum atomic E-state index is 12.6. The first-order chi connectivity index (χ1) is 71.1. The molecule has 0 aliphatic carbocycles. The van der Waals surface area contributed by atoms with Crippen LogP contribution in [0, 0.1) is 45.3 Å². The third-order valence-electron chi connectivity index (χ3n) is 26.2. The average Bonchev–Trinajstić information content (AvgIpc) is 0.824. The highest BCUT2D eigenvalue weighted by molar-refractivity contribution is 5.78. The third-order valence-corrected chi connectivity index (χ3v) is 26.2. The molecule has 0 spiro atoms. The normalized spacial score (nSPS) is 17.2. The predicted octanol–water partition coefficient (Wildman–Crippen LogP) is 16.9. The molecule has 1 unspecified atom stereocenters. The number of carbonyl (C=O) groups excluding carboxylic acids is 1. The minimum absolute atomic E-state index is 0.0445. The SMILES string of the molecule is CN1CCN(c2cccc(Nc3ccnc(-c4ccc(OC5CCOCC5)c(C#N)c4)n3)c2)CC1.N#Cc1cc(-c2nccc(Nc3ccc(C4CCN(CC(F)F)CC4)cc3)n2)ccc1OC1CCOCC1.N#Cc1cc(-c2nccc(Nc3ccc(N4CCN(C(=O)CO)CC4)cc3)n2)ccc1OC1CCCOC1.N#Cc1cc(-c2nccc(Nc3cccc(N4CCOCC4)c3)n2)ccc1OC1CCOCC1. The first kappa shape index (κ1) is 101. The van der Waals surface area contributed by atoms with Gasteiger partial charge in [0.05, 0.1) is 88.3 Å². The summed E-state index contributed by atoms with van der Waals surface area (Å²) < 4.78 is 76.6. The maximum Gasteiger partial charge on any atom is 0.251 e. The number of piperazine rings is 2. The van der Waals surface area contributed by atoms with Crippen LogP contribution >= 0.6 is 0 Å². The molecule has 35 heteroatoms. The van der Waals surface area contributed by atoms with Crippen molar-refractivity contribution in [3.05, 3.63) is 247 Å². The van der Waals surface area contributed by atoms with E-state index in [1.165, 1.54) is 11.3 Å². The number of morpholine rings is 1. The van der Waals surface area contributed by atoms with Gasteiger partial charge in [-0.3, -0.25) is 9.69 Å². The number of nitrogens with zero attached hydrogens (tertiary/aromatic N) is 18. The number of halogens is 2. The number of nitriles is 4. The molecule has 8 saturated heterocycles. The molecule has 12 aromatic rings. The number of hydrogen-bond acceptors (Lipinski definition) is 32. The summed E-state index contributed by atoms with van der Waals surface area (Å²) in [6, 6.07) is 71.0. The molecule has 4 aromatic heterocycles.